The number of amides is 1. The van der Waals surface area contributed by atoms with E-state index in [1.165, 1.54) is 6.42 Å². The number of piperidine rings is 1. The van der Waals surface area contributed by atoms with Crippen LogP contribution in [0.2, 0.25) is 0 Å². The molecule has 0 radical (unpaired) electrons. The number of aliphatic carboxylic acids is 1. The molecule has 1 heterocycles. The van der Waals surface area contributed by atoms with Crippen LogP contribution in [0.4, 0.5) is 0 Å². The van der Waals surface area contributed by atoms with Gasteiger partial charge in [0.1, 0.15) is 0 Å². The number of rotatable bonds is 2. The predicted molar refractivity (Wildman–Crippen MR) is 63.4 cm³/mol. The van der Waals surface area contributed by atoms with Gasteiger partial charge in [0.15, 0.2) is 0 Å². The Morgan fingerprint density at radius 1 is 1.29 bits per heavy atom. The lowest BCUT2D eigenvalue weighted by atomic mass is 9.99. The van der Waals surface area contributed by atoms with Gasteiger partial charge in [0, 0.05) is 13.1 Å². The molecule has 4 heteroatoms. The van der Waals surface area contributed by atoms with Crippen LogP contribution in [0.15, 0.2) is 0 Å². The molecule has 1 saturated heterocycles. The number of hydrogen-bond acceptors (Lipinski definition) is 2. The maximum Gasteiger partial charge on any atom is 0.307 e. The highest BCUT2D eigenvalue weighted by molar-refractivity contribution is 5.91. The minimum atomic E-state index is -0.835. The van der Waals surface area contributed by atoms with Crippen LogP contribution in [-0.4, -0.2) is 35.0 Å². The fourth-order valence-corrected chi connectivity index (χ4v) is 3.15. The lowest BCUT2D eigenvalue weighted by Crippen LogP contribution is -2.40. The molecule has 4 nitrogen and oxygen atoms in total. The maximum atomic E-state index is 12.3. The van der Waals surface area contributed by atoms with Crippen LogP contribution in [0.1, 0.15) is 33.6 Å². The van der Waals surface area contributed by atoms with Crippen LogP contribution < -0.4 is 0 Å². The summed E-state index contributed by atoms with van der Waals surface area (Å²) < 4.78 is 0. The first kappa shape index (κ1) is 12.4. The lowest BCUT2D eigenvalue weighted by Gasteiger charge is -2.31. The smallest absolute Gasteiger partial charge is 0.307 e. The third-order valence-electron chi connectivity index (χ3n) is 4.33. The van der Waals surface area contributed by atoms with Crippen LogP contribution in [0, 0.1) is 23.2 Å². The summed E-state index contributed by atoms with van der Waals surface area (Å²) in [6.07, 6.45) is 2.21. The second-order valence-electron chi connectivity index (χ2n) is 6.15. The van der Waals surface area contributed by atoms with Gasteiger partial charge in [-0.15, -0.1) is 0 Å². The molecule has 1 aliphatic heterocycles. The van der Waals surface area contributed by atoms with Crippen molar-refractivity contribution in [2.24, 2.45) is 23.2 Å². The SMILES string of the molecule is C[C@H]1CCCN(C(=O)[C@@H]2[C@@H](C(=O)O)C2(C)C)C1. The summed E-state index contributed by atoms with van der Waals surface area (Å²) >= 11 is 0. The van der Waals surface area contributed by atoms with Crippen LogP contribution in [0.25, 0.3) is 0 Å². The van der Waals surface area contributed by atoms with E-state index < -0.39 is 11.9 Å². The van der Waals surface area contributed by atoms with Crippen LogP contribution >= 0.6 is 0 Å². The summed E-state index contributed by atoms with van der Waals surface area (Å²) in [7, 11) is 0. The van der Waals surface area contributed by atoms with Crippen molar-refractivity contribution in [3.63, 3.8) is 0 Å². The monoisotopic (exact) mass is 239 g/mol. The van der Waals surface area contributed by atoms with Gasteiger partial charge in [-0.1, -0.05) is 20.8 Å². The summed E-state index contributed by atoms with van der Waals surface area (Å²) in [5, 5.41) is 9.09. The molecule has 2 aliphatic rings. The first-order valence-corrected chi connectivity index (χ1v) is 6.37. The zero-order chi connectivity index (χ0) is 12.8. The minimum Gasteiger partial charge on any atom is -0.481 e. The molecule has 0 aromatic heterocycles. The van der Waals surface area contributed by atoms with Gasteiger partial charge in [-0.2, -0.15) is 0 Å². The van der Waals surface area contributed by atoms with Crippen LogP contribution in [0.5, 0.6) is 0 Å². The van der Waals surface area contributed by atoms with Crippen molar-refractivity contribution < 1.29 is 14.7 Å². The predicted octanol–water partition coefficient (Wildman–Crippen LogP) is 1.60. The second-order valence-corrected chi connectivity index (χ2v) is 6.15. The van der Waals surface area contributed by atoms with Gasteiger partial charge in [0.25, 0.3) is 0 Å². The van der Waals surface area contributed by atoms with E-state index in [1.54, 1.807) is 0 Å². The van der Waals surface area contributed by atoms with E-state index in [4.69, 9.17) is 5.11 Å². The van der Waals surface area contributed by atoms with Gasteiger partial charge >= 0.3 is 5.97 Å². The highest BCUT2D eigenvalue weighted by atomic mass is 16.4. The Morgan fingerprint density at radius 2 is 1.94 bits per heavy atom. The molecule has 2 rings (SSSR count). The standard InChI is InChI=1S/C13H21NO3/c1-8-5-4-6-14(7-8)11(15)9-10(12(16)17)13(9,2)3/h8-10H,4-7H2,1-3H3,(H,16,17)/t8-,9-,10-/m0/s1. The molecule has 0 aromatic rings. The number of nitrogens with zero attached hydrogens (tertiary/aromatic N) is 1. The average Bonchev–Trinajstić information content (AvgIpc) is 2.80. The number of hydrogen-bond donors (Lipinski definition) is 1. The molecule has 0 spiro atoms. The fourth-order valence-electron chi connectivity index (χ4n) is 3.15. The molecule has 1 saturated carbocycles. The molecule has 0 aromatic carbocycles. The number of carboxylic acids is 1. The van der Waals surface area contributed by atoms with Crippen LogP contribution in [-0.2, 0) is 9.59 Å². The number of likely N-dealkylation sites (tertiary alicyclic amines) is 1. The quantitative estimate of drug-likeness (QED) is 0.796. The van der Waals surface area contributed by atoms with Gasteiger partial charge in [0.05, 0.1) is 11.8 Å². The third kappa shape index (κ3) is 2.05. The fraction of sp³-hybridized carbons (Fsp3) is 0.846. The van der Waals surface area contributed by atoms with E-state index in [9.17, 15) is 9.59 Å². The van der Waals surface area contributed by atoms with Gasteiger partial charge in [0.2, 0.25) is 5.91 Å². The van der Waals surface area contributed by atoms with E-state index in [1.807, 2.05) is 18.7 Å². The van der Waals surface area contributed by atoms with E-state index in [0.29, 0.717) is 5.92 Å². The first-order valence-electron chi connectivity index (χ1n) is 6.37. The van der Waals surface area contributed by atoms with E-state index >= 15 is 0 Å². The summed E-state index contributed by atoms with van der Waals surface area (Å²) in [5.41, 5.74) is -0.371. The Hall–Kier alpha value is -1.06. The molecule has 3 atom stereocenters. The van der Waals surface area contributed by atoms with Gasteiger partial charge in [-0.25, -0.2) is 0 Å². The largest absolute Gasteiger partial charge is 0.481 e. The highest BCUT2D eigenvalue weighted by Crippen LogP contribution is 2.59. The van der Waals surface area contributed by atoms with Crippen molar-refractivity contribution in [3.8, 4) is 0 Å². The Morgan fingerprint density at radius 3 is 2.41 bits per heavy atom. The number of carbonyl (C=O) groups excluding carboxylic acids is 1. The van der Waals surface area contributed by atoms with E-state index in [2.05, 4.69) is 6.92 Å². The zero-order valence-corrected chi connectivity index (χ0v) is 10.8. The highest BCUT2D eigenvalue weighted by Gasteiger charge is 2.66. The summed E-state index contributed by atoms with van der Waals surface area (Å²) in [6, 6.07) is 0. The molecule has 2 fully saturated rings. The van der Waals surface area contributed by atoms with Crippen molar-refractivity contribution in [1.82, 2.24) is 4.90 Å². The van der Waals surface area contributed by atoms with Crippen molar-refractivity contribution in [2.75, 3.05) is 13.1 Å². The Labute approximate surface area is 102 Å². The normalized spacial score (nSPS) is 35.5. The van der Waals surface area contributed by atoms with E-state index in [0.717, 1.165) is 19.5 Å². The van der Waals surface area contributed by atoms with Gasteiger partial charge < -0.3 is 10.0 Å². The summed E-state index contributed by atoms with van der Waals surface area (Å²) in [5.74, 6) is -1.05. The topological polar surface area (TPSA) is 57.6 Å². The lowest BCUT2D eigenvalue weighted by molar-refractivity contribution is -0.142. The molecule has 1 amide bonds. The van der Waals surface area contributed by atoms with Gasteiger partial charge in [-0.3, -0.25) is 9.59 Å². The Bertz CT molecular complexity index is 351. The second kappa shape index (κ2) is 4.00. The minimum absolute atomic E-state index is 0.0500. The number of carbonyl (C=O) groups is 2. The van der Waals surface area contributed by atoms with Crippen molar-refractivity contribution in [1.29, 1.82) is 0 Å². The van der Waals surface area contributed by atoms with Gasteiger partial charge in [-0.05, 0) is 24.2 Å². The molecule has 17 heavy (non-hydrogen) atoms. The number of carboxylic acid groups (broad SMARTS) is 1. The molecule has 0 unspecified atom stereocenters. The zero-order valence-electron chi connectivity index (χ0n) is 10.8. The summed E-state index contributed by atoms with van der Waals surface area (Å²) in [4.78, 5) is 25.2. The average molecular weight is 239 g/mol. The van der Waals surface area contributed by atoms with Crippen LogP contribution in [0.3, 0.4) is 0 Å². The molecular weight excluding hydrogens is 218 g/mol. The molecule has 1 N–H and O–H groups in total. The third-order valence-corrected chi connectivity index (χ3v) is 4.33. The maximum absolute atomic E-state index is 12.3. The molecule has 1 aliphatic carbocycles. The van der Waals surface area contributed by atoms with E-state index in [-0.39, 0.29) is 17.2 Å². The molecule has 96 valence electrons. The summed E-state index contributed by atoms with van der Waals surface area (Å²) in [6.45, 7) is 7.48. The molecular formula is C13H21NO3. The Balaban J connectivity index is 2.04. The first-order chi connectivity index (χ1) is 7.85. The molecule has 0 bridgehead atoms. The van der Waals surface area contributed by atoms with Crippen molar-refractivity contribution in [2.45, 2.75) is 33.6 Å². The van der Waals surface area contributed by atoms with Crippen molar-refractivity contribution >= 4 is 11.9 Å². The Kier molecular flexibility index (Phi) is 2.92. The van der Waals surface area contributed by atoms with Crippen molar-refractivity contribution in [3.05, 3.63) is 0 Å².